The lowest BCUT2D eigenvalue weighted by Gasteiger charge is -2.02. The Morgan fingerprint density at radius 2 is 2.25 bits per heavy atom. The molecule has 8 heteroatoms. The third-order valence-corrected chi connectivity index (χ3v) is 3.91. The molecule has 0 aromatic carbocycles. The van der Waals surface area contributed by atoms with E-state index in [-0.39, 0.29) is 5.01 Å². The van der Waals surface area contributed by atoms with Gasteiger partial charge in [-0.25, -0.2) is 9.97 Å². The molecule has 0 spiro atoms. The minimum atomic E-state index is -0.564. The minimum Gasteiger partial charge on any atom is -0.479 e. The smallest absolute Gasteiger partial charge is 0.277 e. The number of hydrogen-bond donors (Lipinski definition) is 1. The molecule has 0 saturated carbocycles. The third kappa shape index (κ3) is 1.90. The second-order valence-corrected chi connectivity index (χ2v) is 5.14. The maximum absolute atomic E-state index is 11.3. The Labute approximate surface area is 118 Å². The van der Waals surface area contributed by atoms with Gasteiger partial charge in [-0.2, -0.15) is 5.10 Å². The van der Waals surface area contributed by atoms with Gasteiger partial charge in [-0.15, -0.1) is 11.3 Å². The molecule has 0 saturated heterocycles. The van der Waals surface area contributed by atoms with Gasteiger partial charge in [-0.3, -0.25) is 9.48 Å². The zero-order chi connectivity index (χ0) is 14.3. The number of nitrogens with two attached hydrogens (primary N) is 1. The second-order valence-electron chi connectivity index (χ2n) is 4.14. The summed E-state index contributed by atoms with van der Waals surface area (Å²) >= 11 is 1.22. The fraction of sp³-hybridized carbons (Fsp3) is 0.167. The molecule has 0 aliphatic carbocycles. The van der Waals surface area contributed by atoms with Gasteiger partial charge in [-0.1, -0.05) is 0 Å². The number of pyridine rings is 1. The van der Waals surface area contributed by atoms with Gasteiger partial charge in [0, 0.05) is 30.6 Å². The van der Waals surface area contributed by atoms with Crippen molar-refractivity contribution in [1.29, 1.82) is 0 Å². The van der Waals surface area contributed by atoms with E-state index in [2.05, 4.69) is 15.1 Å². The number of carbonyl (C=O) groups is 1. The van der Waals surface area contributed by atoms with E-state index in [1.165, 1.54) is 18.4 Å². The molecule has 1 amide bonds. The van der Waals surface area contributed by atoms with Crippen LogP contribution in [0.3, 0.4) is 0 Å². The van der Waals surface area contributed by atoms with Gasteiger partial charge in [-0.05, 0) is 0 Å². The molecule has 0 radical (unpaired) electrons. The van der Waals surface area contributed by atoms with Crippen LogP contribution in [0.4, 0.5) is 0 Å². The number of primary amides is 1. The summed E-state index contributed by atoms with van der Waals surface area (Å²) < 4.78 is 7.68. The first-order chi connectivity index (χ1) is 9.60. The summed E-state index contributed by atoms with van der Waals surface area (Å²) in [4.78, 5) is 19.7. The van der Waals surface area contributed by atoms with Crippen LogP contribution >= 0.6 is 11.3 Å². The lowest BCUT2D eigenvalue weighted by Crippen LogP contribution is -2.09. The monoisotopic (exact) mass is 289 g/mol. The van der Waals surface area contributed by atoms with E-state index < -0.39 is 5.91 Å². The Hall–Kier alpha value is -2.48. The number of thiazole rings is 1. The SMILES string of the molecule is COc1ncc(-c2cnn(C)c2)c2sc(C(N)=O)nc12. The molecule has 0 aliphatic heterocycles. The Kier molecular flexibility index (Phi) is 2.87. The van der Waals surface area contributed by atoms with Crippen LogP contribution in [0.5, 0.6) is 5.88 Å². The summed E-state index contributed by atoms with van der Waals surface area (Å²) in [5.41, 5.74) is 7.57. The molecule has 3 aromatic heterocycles. The van der Waals surface area contributed by atoms with E-state index in [9.17, 15) is 4.79 Å². The van der Waals surface area contributed by atoms with Crippen molar-refractivity contribution in [2.75, 3.05) is 7.11 Å². The number of aryl methyl sites for hydroxylation is 1. The van der Waals surface area contributed by atoms with Gasteiger partial charge >= 0.3 is 0 Å². The zero-order valence-electron chi connectivity index (χ0n) is 10.8. The van der Waals surface area contributed by atoms with E-state index in [0.29, 0.717) is 11.4 Å². The lowest BCUT2D eigenvalue weighted by atomic mass is 10.1. The molecule has 0 atom stereocenters. The summed E-state index contributed by atoms with van der Waals surface area (Å²) in [6.45, 7) is 0. The summed E-state index contributed by atoms with van der Waals surface area (Å²) in [6, 6.07) is 0. The van der Waals surface area contributed by atoms with Crippen LogP contribution in [0, 0.1) is 0 Å². The predicted molar refractivity (Wildman–Crippen MR) is 74.7 cm³/mol. The number of nitrogens with zero attached hydrogens (tertiary/aromatic N) is 4. The van der Waals surface area contributed by atoms with E-state index in [1.807, 2.05) is 13.2 Å². The lowest BCUT2D eigenvalue weighted by molar-refractivity contribution is 0.1000. The number of aromatic nitrogens is 4. The highest BCUT2D eigenvalue weighted by Gasteiger charge is 2.18. The number of ether oxygens (including phenoxy) is 1. The van der Waals surface area contributed by atoms with Crippen LogP contribution in [0.1, 0.15) is 9.80 Å². The Morgan fingerprint density at radius 3 is 2.85 bits per heavy atom. The number of hydrogen-bond acceptors (Lipinski definition) is 6. The first kappa shape index (κ1) is 12.5. The fourth-order valence-corrected chi connectivity index (χ4v) is 2.85. The quantitative estimate of drug-likeness (QED) is 0.781. The van der Waals surface area contributed by atoms with E-state index in [0.717, 1.165) is 15.8 Å². The summed E-state index contributed by atoms with van der Waals surface area (Å²) in [5, 5.41) is 4.37. The molecular formula is C12H11N5O2S. The van der Waals surface area contributed by atoms with Crippen molar-refractivity contribution in [3.63, 3.8) is 0 Å². The molecule has 3 aromatic rings. The van der Waals surface area contributed by atoms with Crippen molar-refractivity contribution in [3.05, 3.63) is 23.6 Å². The van der Waals surface area contributed by atoms with Crippen LogP contribution in [0.25, 0.3) is 21.3 Å². The van der Waals surface area contributed by atoms with Crippen LogP contribution in [-0.2, 0) is 7.05 Å². The van der Waals surface area contributed by atoms with Crippen molar-refractivity contribution < 1.29 is 9.53 Å². The molecule has 3 rings (SSSR count). The Morgan fingerprint density at radius 1 is 1.45 bits per heavy atom. The largest absolute Gasteiger partial charge is 0.479 e. The average molecular weight is 289 g/mol. The number of amides is 1. The van der Waals surface area contributed by atoms with Crippen LogP contribution in [0.15, 0.2) is 18.6 Å². The second kappa shape index (κ2) is 4.57. The van der Waals surface area contributed by atoms with Gasteiger partial charge in [0.25, 0.3) is 5.91 Å². The third-order valence-electron chi connectivity index (χ3n) is 2.81. The van der Waals surface area contributed by atoms with Crippen molar-refractivity contribution >= 4 is 27.5 Å². The summed E-state index contributed by atoms with van der Waals surface area (Å²) in [6.07, 6.45) is 5.28. The van der Waals surface area contributed by atoms with Crippen LogP contribution in [0.2, 0.25) is 0 Å². The standard InChI is InChI=1S/C12H11N5O2S/c1-17-5-6(3-15-17)7-4-14-11(19-2)8-9(7)20-12(16-8)10(13)18/h3-5H,1-2H3,(H2,13,18). The molecule has 7 nitrogen and oxygen atoms in total. The maximum atomic E-state index is 11.3. The predicted octanol–water partition coefficient (Wildman–Crippen LogP) is 1.20. The van der Waals surface area contributed by atoms with Crippen molar-refractivity contribution in [2.45, 2.75) is 0 Å². The average Bonchev–Trinajstić information content (AvgIpc) is 3.03. The van der Waals surface area contributed by atoms with Gasteiger partial charge < -0.3 is 10.5 Å². The minimum absolute atomic E-state index is 0.233. The zero-order valence-corrected chi connectivity index (χ0v) is 11.6. The van der Waals surface area contributed by atoms with E-state index in [4.69, 9.17) is 10.5 Å². The van der Waals surface area contributed by atoms with Crippen molar-refractivity contribution in [3.8, 4) is 17.0 Å². The molecule has 0 bridgehead atoms. The Bertz CT molecular complexity index is 807. The highest BCUT2D eigenvalue weighted by Crippen LogP contribution is 2.36. The number of fused-ring (bicyclic) bond motifs is 1. The number of rotatable bonds is 3. The molecule has 2 N–H and O–H groups in total. The fourth-order valence-electron chi connectivity index (χ4n) is 1.91. The molecule has 0 fully saturated rings. The van der Waals surface area contributed by atoms with Gasteiger partial charge in [0.05, 0.1) is 18.0 Å². The molecule has 0 aliphatic rings. The van der Waals surface area contributed by atoms with Crippen molar-refractivity contribution in [2.24, 2.45) is 12.8 Å². The normalized spacial score (nSPS) is 10.9. The highest BCUT2D eigenvalue weighted by atomic mass is 32.1. The number of methoxy groups -OCH3 is 1. The molecule has 3 heterocycles. The van der Waals surface area contributed by atoms with Gasteiger partial charge in [0.1, 0.15) is 5.52 Å². The molecule has 20 heavy (non-hydrogen) atoms. The van der Waals surface area contributed by atoms with Gasteiger partial charge in [0.15, 0.2) is 5.01 Å². The summed E-state index contributed by atoms with van der Waals surface area (Å²) in [5.74, 6) is -0.193. The first-order valence-corrected chi connectivity index (χ1v) is 6.54. The Balaban J connectivity index is 2.30. The van der Waals surface area contributed by atoms with Crippen LogP contribution < -0.4 is 10.5 Å². The number of carbonyl (C=O) groups excluding carboxylic acids is 1. The summed E-state index contributed by atoms with van der Waals surface area (Å²) in [7, 11) is 3.34. The highest BCUT2D eigenvalue weighted by molar-refractivity contribution is 7.20. The molecular weight excluding hydrogens is 278 g/mol. The van der Waals surface area contributed by atoms with Gasteiger partial charge in [0.2, 0.25) is 5.88 Å². The topological polar surface area (TPSA) is 95.9 Å². The van der Waals surface area contributed by atoms with E-state index >= 15 is 0 Å². The van der Waals surface area contributed by atoms with E-state index in [1.54, 1.807) is 17.1 Å². The van der Waals surface area contributed by atoms with Crippen LogP contribution in [-0.4, -0.2) is 32.8 Å². The molecule has 0 unspecified atom stereocenters. The maximum Gasteiger partial charge on any atom is 0.277 e. The van der Waals surface area contributed by atoms with Crippen molar-refractivity contribution in [1.82, 2.24) is 19.7 Å². The first-order valence-electron chi connectivity index (χ1n) is 5.72. The molecule has 102 valence electrons.